The summed E-state index contributed by atoms with van der Waals surface area (Å²) in [7, 11) is 0. The molecule has 0 fully saturated rings. The van der Waals surface area contributed by atoms with Crippen LogP contribution in [0.5, 0.6) is 0 Å². The van der Waals surface area contributed by atoms with Gasteiger partial charge >= 0.3 is 12.0 Å². The second-order valence-electron chi connectivity index (χ2n) is 5.35. The van der Waals surface area contributed by atoms with Crippen molar-refractivity contribution in [3.05, 3.63) is 45.7 Å². The highest BCUT2D eigenvalue weighted by molar-refractivity contribution is 6.09. The third-order valence-corrected chi connectivity index (χ3v) is 3.39. The Bertz CT molecular complexity index is 850. The molecule has 0 saturated heterocycles. The average Bonchev–Trinajstić information content (AvgIpc) is 2.98. The molecule has 1 aliphatic rings. The zero-order valence-electron chi connectivity index (χ0n) is 14.9. The number of hydrogen-bond acceptors (Lipinski definition) is 11. The molecule has 0 bridgehead atoms. The number of carbonyl (C=O) groups excluding carboxylic acids is 3. The lowest BCUT2D eigenvalue weighted by Crippen LogP contribution is -2.39. The van der Waals surface area contributed by atoms with Gasteiger partial charge in [0, 0.05) is 6.54 Å². The van der Waals surface area contributed by atoms with Crippen molar-refractivity contribution in [2.24, 2.45) is 5.84 Å². The monoisotopic (exact) mass is 397 g/mol. The van der Waals surface area contributed by atoms with Gasteiger partial charge < -0.3 is 33.8 Å². The van der Waals surface area contributed by atoms with E-state index >= 15 is 0 Å². The van der Waals surface area contributed by atoms with E-state index in [4.69, 9.17) is 20.1 Å². The molecule has 0 spiro atoms. The van der Waals surface area contributed by atoms with Crippen LogP contribution in [0.25, 0.3) is 0 Å². The minimum Gasteiger partial charge on any atom is -0.426 e. The smallest absolute Gasteiger partial charge is 0.426 e. The molecule has 12 nitrogen and oxygen atoms in total. The molecule has 2 rings (SSSR count). The number of amides is 1. The van der Waals surface area contributed by atoms with Gasteiger partial charge in [0.25, 0.3) is 5.91 Å². The van der Waals surface area contributed by atoms with Crippen LogP contribution in [0, 0.1) is 6.92 Å². The topological polar surface area (TPSA) is 172 Å². The number of hydrogen-bond donors (Lipinski definition) is 3. The number of rotatable bonds is 4. The van der Waals surface area contributed by atoms with Crippen LogP contribution < -0.4 is 22.4 Å². The van der Waals surface area contributed by atoms with E-state index in [1.165, 1.54) is 13.0 Å². The minimum absolute atomic E-state index is 0.0317. The summed E-state index contributed by atoms with van der Waals surface area (Å²) in [5.74, 6) is 2.21. The van der Waals surface area contributed by atoms with Gasteiger partial charge in [-0.2, -0.15) is 0 Å². The predicted molar refractivity (Wildman–Crippen MR) is 90.2 cm³/mol. The maximum Gasteiger partial charge on any atom is 0.519 e. The van der Waals surface area contributed by atoms with Crippen molar-refractivity contribution in [3.8, 4) is 0 Å². The normalized spacial score (nSPS) is 19.8. The van der Waals surface area contributed by atoms with Crippen LogP contribution in [-0.2, 0) is 30.4 Å². The molecule has 4 N–H and O–H groups in total. The van der Waals surface area contributed by atoms with Crippen LogP contribution in [0.1, 0.15) is 17.9 Å². The molecule has 0 unspecified atom stereocenters. The maximum absolute atomic E-state index is 12.3. The van der Waals surface area contributed by atoms with Gasteiger partial charge in [-0.25, -0.2) is 9.59 Å². The van der Waals surface area contributed by atoms with Gasteiger partial charge in [-0.15, -0.1) is 0 Å². The van der Waals surface area contributed by atoms with E-state index in [1.807, 2.05) is 5.43 Å². The third kappa shape index (κ3) is 5.82. The van der Waals surface area contributed by atoms with Crippen molar-refractivity contribution in [2.75, 3.05) is 19.8 Å². The Balaban J connectivity index is 2.17. The highest BCUT2D eigenvalue weighted by Crippen LogP contribution is 2.12. The second kappa shape index (κ2) is 10.1. The van der Waals surface area contributed by atoms with Crippen LogP contribution in [0.3, 0.4) is 0 Å². The summed E-state index contributed by atoms with van der Waals surface area (Å²) in [6.07, 6.45) is 1.71. The number of aryl methyl sites for hydroxylation is 1. The fourth-order valence-corrected chi connectivity index (χ4v) is 2.05. The Morgan fingerprint density at radius 2 is 2.07 bits per heavy atom. The van der Waals surface area contributed by atoms with E-state index in [0.29, 0.717) is 13.0 Å². The lowest BCUT2D eigenvalue weighted by molar-refractivity contribution is -0.120. The minimum atomic E-state index is -1.32. The van der Waals surface area contributed by atoms with Gasteiger partial charge in [-0.05, 0) is 19.4 Å². The first kappa shape index (κ1) is 20.9. The fraction of sp³-hybridized carbons (Fsp3) is 0.375. The summed E-state index contributed by atoms with van der Waals surface area (Å²) in [6.45, 7) is 1.70. The van der Waals surface area contributed by atoms with E-state index in [-0.39, 0.29) is 24.7 Å². The Labute approximate surface area is 158 Å². The van der Waals surface area contributed by atoms with E-state index in [1.54, 1.807) is 0 Å². The van der Waals surface area contributed by atoms with Crippen LogP contribution >= 0.6 is 0 Å². The zero-order chi connectivity index (χ0) is 20.5. The first-order chi connectivity index (χ1) is 13.4. The van der Waals surface area contributed by atoms with E-state index < -0.39 is 41.7 Å². The fourth-order valence-electron chi connectivity index (χ4n) is 2.05. The number of nitrogens with one attached hydrogen (secondary N) is 2. The van der Waals surface area contributed by atoms with Crippen molar-refractivity contribution in [2.45, 2.75) is 20.0 Å². The predicted octanol–water partition coefficient (Wildman–Crippen LogP) is -0.469. The lowest BCUT2D eigenvalue weighted by atomic mass is 10.2. The molecule has 1 aliphatic heterocycles. The molecule has 152 valence electrons. The Hall–Kier alpha value is -3.38. The van der Waals surface area contributed by atoms with E-state index in [0.717, 1.165) is 6.08 Å². The molecular weight excluding hydrogens is 378 g/mol. The Kier molecular flexibility index (Phi) is 7.54. The van der Waals surface area contributed by atoms with Gasteiger partial charge in [-0.1, -0.05) is 6.08 Å². The first-order valence-corrected chi connectivity index (χ1v) is 8.14. The molecule has 0 aromatic carbocycles. The van der Waals surface area contributed by atoms with Gasteiger partial charge in [0.05, 0.1) is 13.2 Å². The molecule has 28 heavy (non-hydrogen) atoms. The van der Waals surface area contributed by atoms with E-state index in [9.17, 15) is 19.2 Å². The summed E-state index contributed by atoms with van der Waals surface area (Å²) in [5.41, 5.74) is 1.57. The second-order valence-corrected chi connectivity index (χ2v) is 5.35. The molecule has 1 amide bonds. The largest absolute Gasteiger partial charge is 0.519 e. The highest BCUT2D eigenvalue weighted by Gasteiger charge is 2.25. The van der Waals surface area contributed by atoms with Crippen molar-refractivity contribution in [1.82, 2.24) is 10.7 Å². The quantitative estimate of drug-likeness (QED) is 0.340. The first-order valence-electron chi connectivity index (χ1n) is 8.14. The molecular formula is C16H19N3O9. The number of ketones is 1. The molecule has 1 aromatic heterocycles. The van der Waals surface area contributed by atoms with Crippen LogP contribution in [0.15, 0.2) is 37.2 Å². The molecule has 0 atom stereocenters. The molecule has 1 aromatic rings. The summed E-state index contributed by atoms with van der Waals surface area (Å²) in [4.78, 5) is 47.5. The molecule has 0 saturated carbocycles. The van der Waals surface area contributed by atoms with Gasteiger partial charge in [0.2, 0.25) is 11.5 Å². The number of hydrazine groups is 1. The van der Waals surface area contributed by atoms with Crippen molar-refractivity contribution >= 4 is 17.8 Å². The van der Waals surface area contributed by atoms with Crippen molar-refractivity contribution in [1.29, 1.82) is 0 Å². The maximum atomic E-state index is 12.3. The average molecular weight is 397 g/mol. The summed E-state index contributed by atoms with van der Waals surface area (Å²) < 4.78 is 24.2. The third-order valence-electron chi connectivity index (χ3n) is 3.39. The summed E-state index contributed by atoms with van der Waals surface area (Å²) in [5, 5.41) is 2.46. The SMILES string of the molecule is Cc1oc(=O)oc1COC(=O)O/C1=C(/NN)C(=O)NCCOCC/C=C\C1=O. The number of ether oxygens (including phenoxy) is 3. The summed E-state index contributed by atoms with van der Waals surface area (Å²) in [6, 6.07) is 0. The summed E-state index contributed by atoms with van der Waals surface area (Å²) >= 11 is 0. The number of carbonyl (C=O) groups is 3. The van der Waals surface area contributed by atoms with Crippen molar-refractivity contribution in [3.63, 3.8) is 0 Å². The Morgan fingerprint density at radius 1 is 1.29 bits per heavy atom. The number of nitrogens with two attached hydrogens (primary N) is 1. The van der Waals surface area contributed by atoms with Crippen LogP contribution in [-0.4, -0.2) is 37.6 Å². The highest BCUT2D eigenvalue weighted by atomic mass is 16.7. The lowest BCUT2D eigenvalue weighted by Gasteiger charge is -2.14. The van der Waals surface area contributed by atoms with Gasteiger partial charge in [-0.3, -0.25) is 15.4 Å². The van der Waals surface area contributed by atoms with E-state index in [2.05, 4.69) is 14.2 Å². The van der Waals surface area contributed by atoms with Gasteiger partial charge in [0.1, 0.15) is 0 Å². The zero-order valence-corrected chi connectivity index (χ0v) is 14.9. The van der Waals surface area contributed by atoms with Crippen LogP contribution in [0.4, 0.5) is 4.79 Å². The number of allylic oxidation sites excluding steroid dienone is 1. The molecule has 2 heterocycles. The Morgan fingerprint density at radius 3 is 2.75 bits per heavy atom. The van der Waals surface area contributed by atoms with Gasteiger partial charge in [0.15, 0.2) is 23.8 Å². The molecule has 0 aliphatic carbocycles. The molecule has 0 radical (unpaired) electrons. The molecule has 12 heteroatoms. The van der Waals surface area contributed by atoms with Crippen molar-refractivity contribution < 1.29 is 37.4 Å². The standard InChI is InChI=1S/C16H19N3O9/c1-9-11(27-16(23)26-9)8-25-15(22)28-13-10(20)4-2-3-6-24-7-5-18-14(21)12(13)19-17/h2,4,19H,3,5-8,17H2,1H3,(H,18,21)/b4-2-,13-12+. The van der Waals surface area contributed by atoms with Crippen LogP contribution in [0.2, 0.25) is 0 Å².